The summed E-state index contributed by atoms with van der Waals surface area (Å²) in [5.74, 6) is 0.223. The molecular formula is C17H16F3NO. The second-order valence-corrected chi connectivity index (χ2v) is 5.34. The van der Waals surface area contributed by atoms with Crippen molar-refractivity contribution in [3.8, 4) is 5.75 Å². The summed E-state index contributed by atoms with van der Waals surface area (Å²) in [5.41, 5.74) is 2.60. The zero-order chi connectivity index (χ0) is 15.6. The number of nitrogens with one attached hydrogen (secondary N) is 1. The van der Waals surface area contributed by atoms with Crippen LogP contribution in [0.15, 0.2) is 42.5 Å². The molecular weight excluding hydrogens is 291 g/mol. The molecule has 5 heteroatoms. The molecule has 2 aromatic rings. The third kappa shape index (κ3) is 3.35. The molecule has 1 heterocycles. The third-order valence-corrected chi connectivity index (χ3v) is 3.68. The number of hydrogen-bond acceptors (Lipinski definition) is 2. The minimum absolute atomic E-state index is 0.223. The average molecular weight is 307 g/mol. The Hall–Kier alpha value is -2.17. The van der Waals surface area contributed by atoms with Gasteiger partial charge in [0.25, 0.3) is 0 Å². The molecule has 0 spiro atoms. The Morgan fingerprint density at radius 2 is 1.95 bits per heavy atom. The van der Waals surface area contributed by atoms with Crippen molar-refractivity contribution in [1.29, 1.82) is 0 Å². The van der Waals surface area contributed by atoms with Crippen LogP contribution in [0.3, 0.4) is 0 Å². The molecule has 0 aliphatic carbocycles. The molecule has 0 fully saturated rings. The summed E-state index contributed by atoms with van der Waals surface area (Å²) in [6.45, 7) is 1.20. The monoisotopic (exact) mass is 307 g/mol. The Morgan fingerprint density at radius 3 is 2.77 bits per heavy atom. The van der Waals surface area contributed by atoms with Gasteiger partial charge in [0.2, 0.25) is 0 Å². The lowest BCUT2D eigenvalue weighted by atomic mass is 10.0. The number of halogens is 3. The van der Waals surface area contributed by atoms with Crippen molar-refractivity contribution in [2.24, 2.45) is 0 Å². The van der Waals surface area contributed by atoms with E-state index in [0.717, 1.165) is 42.8 Å². The van der Waals surface area contributed by atoms with E-state index in [1.54, 1.807) is 0 Å². The van der Waals surface area contributed by atoms with E-state index in [0.29, 0.717) is 0 Å². The highest BCUT2D eigenvalue weighted by Gasteiger charge is 2.30. The lowest BCUT2D eigenvalue weighted by molar-refractivity contribution is -0.137. The maximum Gasteiger partial charge on any atom is 0.416 e. The molecule has 1 aliphatic heterocycles. The van der Waals surface area contributed by atoms with E-state index in [-0.39, 0.29) is 12.4 Å². The summed E-state index contributed by atoms with van der Waals surface area (Å²) < 4.78 is 43.5. The van der Waals surface area contributed by atoms with Gasteiger partial charge in [0.15, 0.2) is 0 Å². The van der Waals surface area contributed by atoms with Gasteiger partial charge in [0.05, 0.1) is 5.56 Å². The second kappa shape index (κ2) is 5.91. The average Bonchev–Trinajstić information content (AvgIpc) is 2.52. The molecule has 0 amide bonds. The molecule has 0 bridgehead atoms. The molecule has 116 valence electrons. The van der Waals surface area contributed by atoms with Crippen LogP contribution in [0.5, 0.6) is 5.75 Å². The van der Waals surface area contributed by atoms with Gasteiger partial charge in [-0.05, 0) is 48.2 Å². The van der Waals surface area contributed by atoms with Crippen LogP contribution in [0.4, 0.5) is 18.9 Å². The van der Waals surface area contributed by atoms with Crippen LogP contribution >= 0.6 is 0 Å². The number of anilines is 1. The Bertz CT molecular complexity index is 667. The van der Waals surface area contributed by atoms with Crippen LogP contribution in [0, 0.1) is 0 Å². The van der Waals surface area contributed by atoms with E-state index in [2.05, 4.69) is 5.32 Å². The largest absolute Gasteiger partial charge is 0.489 e. The Morgan fingerprint density at radius 1 is 1.09 bits per heavy atom. The highest BCUT2D eigenvalue weighted by atomic mass is 19.4. The van der Waals surface area contributed by atoms with Crippen LogP contribution < -0.4 is 10.1 Å². The fourth-order valence-electron chi connectivity index (χ4n) is 2.53. The van der Waals surface area contributed by atoms with Gasteiger partial charge in [-0.25, -0.2) is 0 Å². The topological polar surface area (TPSA) is 21.3 Å². The van der Waals surface area contributed by atoms with E-state index >= 15 is 0 Å². The van der Waals surface area contributed by atoms with Gasteiger partial charge >= 0.3 is 6.18 Å². The fourth-order valence-corrected chi connectivity index (χ4v) is 2.53. The standard InChI is InChI=1S/C17H16F3NO/c18-17(19,20)14-4-1-5-15(10-14)22-11-12-6-7-13-3-2-8-21-16(13)9-12/h1,4-7,9-10,21H,2-3,8,11H2. The molecule has 22 heavy (non-hydrogen) atoms. The van der Waals surface area contributed by atoms with Crippen molar-refractivity contribution in [3.05, 3.63) is 59.2 Å². The summed E-state index contributed by atoms with van der Waals surface area (Å²) in [7, 11) is 0. The molecule has 0 atom stereocenters. The van der Waals surface area contributed by atoms with E-state index < -0.39 is 11.7 Å². The molecule has 3 rings (SSSR count). The quantitative estimate of drug-likeness (QED) is 0.891. The van der Waals surface area contributed by atoms with Crippen molar-refractivity contribution in [1.82, 2.24) is 0 Å². The number of hydrogen-bond donors (Lipinski definition) is 1. The molecule has 1 N–H and O–H groups in total. The van der Waals surface area contributed by atoms with Crippen molar-refractivity contribution in [2.45, 2.75) is 25.6 Å². The molecule has 0 saturated carbocycles. The van der Waals surface area contributed by atoms with E-state index in [1.807, 2.05) is 18.2 Å². The van der Waals surface area contributed by atoms with Crippen LogP contribution in [-0.2, 0) is 19.2 Å². The zero-order valence-electron chi connectivity index (χ0n) is 11.9. The minimum atomic E-state index is -4.35. The normalized spacial score (nSPS) is 14.1. The molecule has 2 nitrogen and oxygen atoms in total. The minimum Gasteiger partial charge on any atom is -0.489 e. The first-order valence-corrected chi connectivity index (χ1v) is 7.18. The number of benzene rings is 2. The first-order valence-electron chi connectivity index (χ1n) is 7.18. The van der Waals surface area contributed by atoms with Crippen molar-refractivity contribution in [2.75, 3.05) is 11.9 Å². The van der Waals surface area contributed by atoms with Crippen molar-refractivity contribution >= 4 is 5.69 Å². The first-order chi connectivity index (χ1) is 10.5. The summed E-state index contributed by atoms with van der Waals surface area (Å²) in [6, 6.07) is 11.0. The van der Waals surface area contributed by atoms with Crippen LogP contribution in [0.25, 0.3) is 0 Å². The lowest BCUT2D eigenvalue weighted by Gasteiger charge is -2.19. The summed E-state index contributed by atoms with van der Waals surface area (Å²) in [4.78, 5) is 0. The van der Waals surface area contributed by atoms with Crippen LogP contribution in [0.2, 0.25) is 0 Å². The zero-order valence-corrected chi connectivity index (χ0v) is 11.9. The van der Waals surface area contributed by atoms with Crippen molar-refractivity contribution in [3.63, 3.8) is 0 Å². The molecule has 2 aromatic carbocycles. The predicted octanol–water partition coefficient (Wildman–Crippen LogP) is 4.64. The number of aryl methyl sites for hydroxylation is 1. The van der Waals surface area contributed by atoms with Crippen molar-refractivity contribution < 1.29 is 17.9 Å². The fraction of sp³-hybridized carbons (Fsp3) is 0.294. The van der Waals surface area contributed by atoms with E-state index in [4.69, 9.17) is 4.74 Å². The van der Waals surface area contributed by atoms with Gasteiger partial charge in [0.1, 0.15) is 12.4 Å². The van der Waals surface area contributed by atoms with Gasteiger partial charge < -0.3 is 10.1 Å². The number of rotatable bonds is 3. The summed E-state index contributed by atoms with van der Waals surface area (Å²) in [6.07, 6.45) is -2.18. The Balaban J connectivity index is 1.70. The lowest BCUT2D eigenvalue weighted by Crippen LogP contribution is -2.12. The maximum atomic E-state index is 12.7. The Labute approximate surface area is 126 Å². The van der Waals surface area contributed by atoms with E-state index in [9.17, 15) is 13.2 Å². The number of alkyl halides is 3. The van der Waals surface area contributed by atoms with Crippen LogP contribution in [0.1, 0.15) is 23.1 Å². The van der Waals surface area contributed by atoms with Gasteiger partial charge in [-0.1, -0.05) is 18.2 Å². The highest BCUT2D eigenvalue weighted by molar-refractivity contribution is 5.54. The Kier molecular flexibility index (Phi) is 3.96. The summed E-state index contributed by atoms with van der Waals surface area (Å²) >= 11 is 0. The molecule has 0 saturated heterocycles. The maximum absolute atomic E-state index is 12.7. The SMILES string of the molecule is FC(F)(F)c1cccc(OCc2ccc3c(c2)NCCC3)c1. The van der Waals surface area contributed by atoms with E-state index in [1.165, 1.54) is 17.7 Å². The van der Waals surface area contributed by atoms with Gasteiger partial charge in [-0.2, -0.15) is 13.2 Å². The highest BCUT2D eigenvalue weighted by Crippen LogP contribution is 2.31. The first kappa shape index (κ1) is 14.8. The smallest absolute Gasteiger partial charge is 0.416 e. The number of fused-ring (bicyclic) bond motifs is 1. The second-order valence-electron chi connectivity index (χ2n) is 5.34. The van der Waals surface area contributed by atoms with Crippen LogP contribution in [-0.4, -0.2) is 6.54 Å². The van der Waals surface area contributed by atoms with Gasteiger partial charge in [0, 0.05) is 12.2 Å². The molecule has 0 unspecified atom stereocenters. The summed E-state index contributed by atoms with van der Waals surface area (Å²) in [5, 5.41) is 3.33. The van der Waals surface area contributed by atoms with Gasteiger partial charge in [-0.15, -0.1) is 0 Å². The predicted molar refractivity (Wildman–Crippen MR) is 79.0 cm³/mol. The number of ether oxygens (including phenoxy) is 1. The third-order valence-electron chi connectivity index (χ3n) is 3.68. The molecule has 0 aromatic heterocycles. The molecule has 1 aliphatic rings. The molecule has 0 radical (unpaired) electrons. The van der Waals surface area contributed by atoms with Gasteiger partial charge in [-0.3, -0.25) is 0 Å².